The topological polar surface area (TPSA) is 63.6 Å². The van der Waals surface area contributed by atoms with E-state index in [1.54, 1.807) is 6.07 Å². The second kappa shape index (κ2) is 3.52. The first-order valence-electron chi connectivity index (χ1n) is 5.03. The van der Waals surface area contributed by atoms with Gasteiger partial charge in [0.05, 0.1) is 17.2 Å². The van der Waals surface area contributed by atoms with E-state index in [0.29, 0.717) is 22.3 Å². The molecule has 0 radical (unpaired) electrons. The molecule has 0 atom stereocenters. The number of phenols is 1. The largest absolute Gasteiger partial charge is 0.508 e. The van der Waals surface area contributed by atoms with Crippen molar-refractivity contribution in [2.24, 2.45) is 0 Å². The lowest BCUT2D eigenvalue weighted by Gasteiger charge is -2.00. The second-order valence-electron chi connectivity index (χ2n) is 3.67. The van der Waals surface area contributed by atoms with E-state index in [0.717, 1.165) is 0 Å². The van der Waals surface area contributed by atoms with Crippen molar-refractivity contribution >= 4 is 11.0 Å². The van der Waals surface area contributed by atoms with E-state index in [2.05, 4.69) is 0 Å². The molecule has 0 unspecified atom stereocenters. The maximum absolute atomic E-state index is 11.8. The molecule has 1 aromatic carbocycles. The molecule has 2 heterocycles. The van der Waals surface area contributed by atoms with Crippen LogP contribution in [0.2, 0.25) is 0 Å². The van der Waals surface area contributed by atoms with Crippen molar-refractivity contribution in [1.82, 2.24) is 0 Å². The SMILES string of the molecule is O=c1cc(-c2ccoc2)oc2cc(O)ccc12. The number of aromatic hydroxyl groups is 1. The van der Waals surface area contributed by atoms with Crippen molar-refractivity contribution in [2.75, 3.05) is 0 Å². The quantitative estimate of drug-likeness (QED) is 0.695. The number of fused-ring (bicyclic) bond motifs is 1. The van der Waals surface area contributed by atoms with Gasteiger partial charge in [0.2, 0.25) is 0 Å². The first kappa shape index (κ1) is 9.72. The Morgan fingerprint density at radius 3 is 2.76 bits per heavy atom. The summed E-state index contributed by atoms with van der Waals surface area (Å²) in [7, 11) is 0. The summed E-state index contributed by atoms with van der Waals surface area (Å²) in [4.78, 5) is 11.8. The fraction of sp³-hybridized carbons (Fsp3) is 0. The van der Waals surface area contributed by atoms with Gasteiger partial charge in [-0.15, -0.1) is 0 Å². The van der Waals surface area contributed by atoms with Crippen molar-refractivity contribution in [3.8, 4) is 17.1 Å². The molecule has 2 aromatic heterocycles. The molecule has 1 N–H and O–H groups in total. The van der Waals surface area contributed by atoms with Crippen LogP contribution in [0.4, 0.5) is 0 Å². The molecule has 4 heteroatoms. The molecule has 84 valence electrons. The fourth-order valence-corrected chi connectivity index (χ4v) is 1.69. The summed E-state index contributed by atoms with van der Waals surface area (Å²) >= 11 is 0. The standard InChI is InChI=1S/C13H8O4/c14-9-1-2-10-11(15)6-12(17-13(10)5-9)8-3-4-16-7-8/h1-7,14H. The highest BCUT2D eigenvalue weighted by atomic mass is 16.3. The van der Waals surface area contributed by atoms with Gasteiger partial charge in [0.1, 0.15) is 23.4 Å². The molecule has 0 saturated heterocycles. The summed E-state index contributed by atoms with van der Waals surface area (Å²) in [5, 5.41) is 9.80. The van der Waals surface area contributed by atoms with E-state index in [9.17, 15) is 9.90 Å². The molecule has 0 spiro atoms. The van der Waals surface area contributed by atoms with Crippen molar-refractivity contribution in [1.29, 1.82) is 0 Å². The van der Waals surface area contributed by atoms with Gasteiger partial charge in [0, 0.05) is 12.1 Å². The molecule has 4 nitrogen and oxygen atoms in total. The number of furan rings is 1. The first-order valence-corrected chi connectivity index (χ1v) is 5.03. The predicted octanol–water partition coefficient (Wildman–Crippen LogP) is 2.76. The number of hydrogen-bond acceptors (Lipinski definition) is 4. The van der Waals surface area contributed by atoms with Crippen LogP contribution in [0.1, 0.15) is 0 Å². The smallest absolute Gasteiger partial charge is 0.193 e. The van der Waals surface area contributed by atoms with E-state index >= 15 is 0 Å². The van der Waals surface area contributed by atoms with E-state index in [4.69, 9.17) is 8.83 Å². The summed E-state index contributed by atoms with van der Waals surface area (Å²) in [6.45, 7) is 0. The molecule has 0 aliphatic rings. The van der Waals surface area contributed by atoms with Crippen molar-refractivity contribution in [3.05, 3.63) is 53.1 Å². The lowest BCUT2D eigenvalue weighted by Crippen LogP contribution is -1.99. The highest BCUT2D eigenvalue weighted by Gasteiger charge is 2.08. The minimum absolute atomic E-state index is 0.0602. The van der Waals surface area contributed by atoms with E-state index in [-0.39, 0.29) is 11.2 Å². The van der Waals surface area contributed by atoms with Crippen LogP contribution in [0.15, 0.2) is 56.5 Å². The first-order chi connectivity index (χ1) is 8.24. The monoisotopic (exact) mass is 228 g/mol. The van der Waals surface area contributed by atoms with E-state index in [1.165, 1.54) is 36.8 Å². The van der Waals surface area contributed by atoms with Gasteiger partial charge in [-0.05, 0) is 18.2 Å². The molecular weight excluding hydrogens is 220 g/mol. The van der Waals surface area contributed by atoms with Gasteiger partial charge in [0.25, 0.3) is 0 Å². The zero-order valence-corrected chi connectivity index (χ0v) is 8.71. The second-order valence-corrected chi connectivity index (χ2v) is 3.67. The van der Waals surface area contributed by atoms with Crippen molar-refractivity contribution in [3.63, 3.8) is 0 Å². The predicted molar refractivity (Wildman–Crippen MR) is 61.9 cm³/mol. The third-order valence-electron chi connectivity index (χ3n) is 2.52. The summed E-state index contributed by atoms with van der Waals surface area (Å²) in [6.07, 6.45) is 2.99. The minimum atomic E-state index is -0.151. The molecule has 0 aliphatic heterocycles. The Kier molecular flexibility index (Phi) is 2.01. The number of hydrogen-bond donors (Lipinski definition) is 1. The van der Waals surface area contributed by atoms with Crippen LogP contribution in [0.5, 0.6) is 5.75 Å². The molecule has 3 aromatic rings. The van der Waals surface area contributed by atoms with Crippen LogP contribution in [-0.4, -0.2) is 5.11 Å². The normalized spacial score (nSPS) is 10.8. The van der Waals surface area contributed by atoms with Crippen LogP contribution in [0.3, 0.4) is 0 Å². The van der Waals surface area contributed by atoms with Crippen molar-refractivity contribution in [2.45, 2.75) is 0 Å². The Bertz CT molecular complexity index is 723. The van der Waals surface area contributed by atoms with Gasteiger partial charge in [-0.2, -0.15) is 0 Å². The van der Waals surface area contributed by atoms with Gasteiger partial charge in [-0.3, -0.25) is 4.79 Å². The Hall–Kier alpha value is -2.49. The Morgan fingerprint density at radius 1 is 1.12 bits per heavy atom. The minimum Gasteiger partial charge on any atom is -0.508 e. The number of phenolic OH excluding ortho intramolecular Hbond substituents is 1. The lowest BCUT2D eigenvalue weighted by atomic mass is 10.2. The lowest BCUT2D eigenvalue weighted by molar-refractivity contribution is 0.474. The Labute approximate surface area is 95.7 Å². The Morgan fingerprint density at radius 2 is 2.00 bits per heavy atom. The maximum atomic E-state index is 11.8. The summed E-state index contributed by atoms with van der Waals surface area (Å²) in [5.74, 6) is 0.479. The van der Waals surface area contributed by atoms with Crippen LogP contribution in [0.25, 0.3) is 22.3 Å². The summed E-state index contributed by atoms with van der Waals surface area (Å²) in [5.41, 5.74) is 0.892. The van der Waals surface area contributed by atoms with Crippen LogP contribution < -0.4 is 5.43 Å². The van der Waals surface area contributed by atoms with E-state index in [1.807, 2.05) is 0 Å². The molecule has 3 rings (SSSR count). The van der Waals surface area contributed by atoms with Gasteiger partial charge in [-0.25, -0.2) is 0 Å². The molecule has 0 aliphatic carbocycles. The highest BCUT2D eigenvalue weighted by molar-refractivity contribution is 5.79. The molecule has 0 saturated carbocycles. The average Bonchev–Trinajstić information content (AvgIpc) is 2.81. The Balaban J connectivity index is 2.33. The van der Waals surface area contributed by atoms with Crippen LogP contribution >= 0.6 is 0 Å². The summed E-state index contributed by atoms with van der Waals surface area (Å²) in [6, 6.07) is 7.52. The summed E-state index contributed by atoms with van der Waals surface area (Å²) < 4.78 is 10.5. The zero-order valence-electron chi connectivity index (χ0n) is 8.71. The van der Waals surface area contributed by atoms with Gasteiger partial charge in [0.15, 0.2) is 5.43 Å². The highest BCUT2D eigenvalue weighted by Crippen LogP contribution is 2.24. The number of rotatable bonds is 1. The third-order valence-corrected chi connectivity index (χ3v) is 2.52. The van der Waals surface area contributed by atoms with Crippen LogP contribution in [0, 0.1) is 0 Å². The van der Waals surface area contributed by atoms with E-state index < -0.39 is 0 Å². The van der Waals surface area contributed by atoms with Crippen LogP contribution in [-0.2, 0) is 0 Å². The van der Waals surface area contributed by atoms with Gasteiger partial charge >= 0.3 is 0 Å². The average molecular weight is 228 g/mol. The molecule has 0 fully saturated rings. The molecule has 0 bridgehead atoms. The van der Waals surface area contributed by atoms with Crippen molar-refractivity contribution < 1.29 is 13.9 Å². The maximum Gasteiger partial charge on any atom is 0.193 e. The molecular formula is C13H8O4. The molecule has 17 heavy (non-hydrogen) atoms. The number of benzene rings is 1. The zero-order chi connectivity index (χ0) is 11.8. The van der Waals surface area contributed by atoms with Gasteiger partial charge < -0.3 is 13.9 Å². The fourth-order valence-electron chi connectivity index (χ4n) is 1.69. The third kappa shape index (κ3) is 1.59. The van der Waals surface area contributed by atoms with Gasteiger partial charge in [-0.1, -0.05) is 0 Å². The molecule has 0 amide bonds.